The van der Waals surface area contributed by atoms with Crippen LogP contribution in [0.3, 0.4) is 0 Å². The van der Waals surface area contributed by atoms with E-state index in [1.807, 2.05) is 12.3 Å². The summed E-state index contributed by atoms with van der Waals surface area (Å²) in [5.74, 6) is -0.370. The summed E-state index contributed by atoms with van der Waals surface area (Å²) in [4.78, 5) is 17.5. The van der Waals surface area contributed by atoms with Gasteiger partial charge >= 0.3 is 0 Å². The van der Waals surface area contributed by atoms with Gasteiger partial charge in [-0.3, -0.25) is 9.78 Å². The number of nitrogens with one attached hydrogen (secondary N) is 1. The van der Waals surface area contributed by atoms with Gasteiger partial charge in [0.15, 0.2) is 0 Å². The van der Waals surface area contributed by atoms with Crippen molar-refractivity contribution in [2.45, 2.75) is 17.4 Å². The number of aromatic nitrogens is 1. The van der Waals surface area contributed by atoms with Crippen LogP contribution in [0.15, 0.2) is 41.6 Å². The van der Waals surface area contributed by atoms with Gasteiger partial charge in [0.25, 0.3) is 0 Å². The largest absolute Gasteiger partial charge is 0.323 e. The molecule has 3 N–H and O–H groups in total. The molecule has 0 saturated heterocycles. The van der Waals surface area contributed by atoms with E-state index in [1.54, 1.807) is 37.5 Å². The average molecular weight is 356 g/mol. The Morgan fingerprint density at radius 2 is 1.86 bits per heavy atom. The van der Waals surface area contributed by atoms with E-state index in [0.717, 1.165) is 4.90 Å². The number of amides is 1. The second-order valence-corrected chi connectivity index (χ2v) is 6.68. The molecule has 0 aliphatic heterocycles. The van der Waals surface area contributed by atoms with Gasteiger partial charge in [0.05, 0.1) is 11.9 Å². The maximum atomic E-state index is 12.5. The van der Waals surface area contributed by atoms with Gasteiger partial charge < -0.3 is 11.1 Å². The van der Waals surface area contributed by atoms with Crippen LogP contribution in [-0.4, -0.2) is 17.1 Å². The number of anilines is 1. The van der Waals surface area contributed by atoms with Crippen molar-refractivity contribution in [3.05, 3.63) is 52.3 Å². The zero-order chi connectivity index (χ0) is 16.3. The van der Waals surface area contributed by atoms with Crippen LogP contribution in [0.5, 0.6) is 0 Å². The van der Waals surface area contributed by atoms with Gasteiger partial charge in [-0.1, -0.05) is 23.2 Å². The summed E-state index contributed by atoms with van der Waals surface area (Å²) in [6.45, 7) is 1.61. The molecule has 2 rings (SSSR count). The Kier molecular flexibility index (Phi) is 5.34. The molecular formula is C15H15Cl2N3OS. The van der Waals surface area contributed by atoms with Gasteiger partial charge in [0, 0.05) is 21.1 Å². The minimum atomic E-state index is -1.27. The topological polar surface area (TPSA) is 68.0 Å². The van der Waals surface area contributed by atoms with Crippen molar-refractivity contribution in [3.63, 3.8) is 0 Å². The standard InChI is InChI=1S/C15H15Cl2N3OS/c1-15(18,9-3-10(16)5-11(17)4-9)14(21)20-12-6-13(22-2)8-19-7-12/h3-8H,18H2,1-2H3,(H,20,21). The smallest absolute Gasteiger partial charge is 0.248 e. The SMILES string of the molecule is CSc1cncc(NC(=O)C(C)(N)c2cc(Cl)cc(Cl)c2)c1. The lowest BCUT2D eigenvalue weighted by molar-refractivity contribution is -0.120. The van der Waals surface area contributed by atoms with Crippen molar-refractivity contribution in [1.29, 1.82) is 0 Å². The van der Waals surface area contributed by atoms with E-state index in [-0.39, 0.29) is 5.91 Å². The second kappa shape index (κ2) is 6.87. The number of pyridine rings is 1. The fourth-order valence-corrected chi connectivity index (χ4v) is 2.78. The molecule has 0 spiro atoms. The number of nitrogens with two attached hydrogens (primary N) is 1. The quantitative estimate of drug-likeness (QED) is 0.815. The molecule has 7 heteroatoms. The molecule has 0 aliphatic rings. The molecule has 4 nitrogen and oxygen atoms in total. The summed E-state index contributed by atoms with van der Waals surface area (Å²) in [6, 6.07) is 6.68. The third-order valence-electron chi connectivity index (χ3n) is 3.14. The van der Waals surface area contributed by atoms with E-state index >= 15 is 0 Å². The van der Waals surface area contributed by atoms with Crippen LogP contribution in [0.25, 0.3) is 0 Å². The first-order valence-electron chi connectivity index (χ1n) is 6.39. The summed E-state index contributed by atoms with van der Waals surface area (Å²) in [5.41, 5.74) is 6.03. The normalized spacial score (nSPS) is 13.5. The highest BCUT2D eigenvalue weighted by Crippen LogP contribution is 2.27. The Hall–Kier alpha value is -1.27. The van der Waals surface area contributed by atoms with Gasteiger partial charge in [-0.05, 0) is 43.0 Å². The van der Waals surface area contributed by atoms with E-state index < -0.39 is 5.54 Å². The van der Waals surface area contributed by atoms with Gasteiger partial charge in [-0.15, -0.1) is 11.8 Å². The summed E-state index contributed by atoms with van der Waals surface area (Å²) in [7, 11) is 0. The predicted octanol–water partition coefficient (Wildman–Crippen LogP) is 3.92. The van der Waals surface area contributed by atoms with E-state index in [4.69, 9.17) is 28.9 Å². The summed E-state index contributed by atoms with van der Waals surface area (Å²) in [6.07, 6.45) is 5.22. The molecule has 0 saturated carbocycles. The van der Waals surface area contributed by atoms with Crippen LogP contribution >= 0.6 is 35.0 Å². The van der Waals surface area contributed by atoms with Crippen LogP contribution in [0.2, 0.25) is 10.0 Å². The Balaban J connectivity index is 2.26. The zero-order valence-electron chi connectivity index (χ0n) is 12.1. The molecular weight excluding hydrogens is 341 g/mol. The van der Waals surface area contributed by atoms with Gasteiger partial charge in [0.1, 0.15) is 5.54 Å². The lowest BCUT2D eigenvalue weighted by Crippen LogP contribution is -2.45. The van der Waals surface area contributed by atoms with Gasteiger partial charge in [0.2, 0.25) is 5.91 Å². The van der Waals surface area contributed by atoms with E-state index in [1.165, 1.54) is 11.8 Å². The number of carbonyl (C=O) groups is 1. The summed E-state index contributed by atoms with van der Waals surface area (Å²) < 4.78 is 0. The number of carbonyl (C=O) groups excluding carboxylic acids is 1. The number of halogens is 2. The summed E-state index contributed by atoms with van der Waals surface area (Å²) in [5, 5.41) is 3.63. The first-order valence-corrected chi connectivity index (χ1v) is 8.37. The minimum absolute atomic E-state index is 0.370. The van der Waals surface area contributed by atoms with Crippen molar-refractivity contribution in [2.24, 2.45) is 5.73 Å². The molecule has 0 bridgehead atoms. The van der Waals surface area contributed by atoms with Gasteiger partial charge in [-0.2, -0.15) is 0 Å². The summed E-state index contributed by atoms with van der Waals surface area (Å²) >= 11 is 13.5. The first kappa shape index (κ1) is 17.1. The fraction of sp³-hybridized carbons (Fsp3) is 0.200. The average Bonchev–Trinajstić information content (AvgIpc) is 2.46. The van der Waals surface area contributed by atoms with Crippen molar-refractivity contribution < 1.29 is 4.79 Å². The number of hydrogen-bond acceptors (Lipinski definition) is 4. The highest BCUT2D eigenvalue weighted by Gasteiger charge is 2.31. The fourth-order valence-electron chi connectivity index (χ4n) is 1.84. The van der Waals surface area contributed by atoms with Crippen molar-refractivity contribution in [1.82, 2.24) is 4.98 Å². The number of nitrogens with zero attached hydrogens (tertiary/aromatic N) is 1. The number of benzene rings is 1. The lowest BCUT2D eigenvalue weighted by atomic mass is 9.92. The van der Waals surface area contributed by atoms with Crippen molar-refractivity contribution >= 4 is 46.6 Å². The zero-order valence-corrected chi connectivity index (χ0v) is 14.4. The molecule has 1 amide bonds. The van der Waals surface area contributed by atoms with E-state index in [9.17, 15) is 4.79 Å². The number of thioether (sulfide) groups is 1. The van der Waals surface area contributed by atoms with Crippen LogP contribution in [0, 0.1) is 0 Å². The highest BCUT2D eigenvalue weighted by atomic mass is 35.5. The Labute approximate surface area is 143 Å². The van der Waals surface area contributed by atoms with Gasteiger partial charge in [-0.25, -0.2) is 0 Å². The van der Waals surface area contributed by atoms with Crippen LogP contribution in [0.1, 0.15) is 12.5 Å². The van der Waals surface area contributed by atoms with E-state index in [0.29, 0.717) is 21.3 Å². The van der Waals surface area contributed by atoms with Crippen LogP contribution < -0.4 is 11.1 Å². The Bertz CT molecular complexity index is 687. The third-order valence-corrected chi connectivity index (χ3v) is 4.27. The predicted molar refractivity (Wildman–Crippen MR) is 92.6 cm³/mol. The molecule has 1 aromatic carbocycles. The third kappa shape index (κ3) is 3.93. The molecule has 22 heavy (non-hydrogen) atoms. The Morgan fingerprint density at radius 3 is 2.45 bits per heavy atom. The molecule has 0 aliphatic carbocycles. The monoisotopic (exact) mass is 355 g/mol. The Morgan fingerprint density at radius 1 is 1.23 bits per heavy atom. The number of rotatable bonds is 4. The van der Waals surface area contributed by atoms with Crippen molar-refractivity contribution in [2.75, 3.05) is 11.6 Å². The van der Waals surface area contributed by atoms with E-state index in [2.05, 4.69) is 10.3 Å². The molecule has 0 fully saturated rings. The maximum Gasteiger partial charge on any atom is 0.248 e. The van der Waals surface area contributed by atoms with Crippen molar-refractivity contribution in [3.8, 4) is 0 Å². The molecule has 1 heterocycles. The van der Waals surface area contributed by atoms with Crippen LogP contribution in [0.4, 0.5) is 5.69 Å². The first-order chi connectivity index (χ1) is 10.3. The lowest BCUT2D eigenvalue weighted by Gasteiger charge is -2.24. The molecule has 2 aromatic rings. The maximum absolute atomic E-state index is 12.5. The highest BCUT2D eigenvalue weighted by molar-refractivity contribution is 7.98. The second-order valence-electron chi connectivity index (χ2n) is 4.93. The molecule has 0 radical (unpaired) electrons. The molecule has 1 aromatic heterocycles. The molecule has 1 unspecified atom stereocenters. The molecule has 116 valence electrons. The minimum Gasteiger partial charge on any atom is -0.323 e. The number of hydrogen-bond donors (Lipinski definition) is 2. The van der Waals surface area contributed by atoms with Crippen LogP contribution in [-0.2, 0) is 10.3 Å². The molecule has 1 atom stereocenters.